The summed E-state index contributed by atoms with van der Waals surface area (Å²) in [5, 5.41) is 3.59. The van der Waals surface area contributed by atoms with Crippen molar-refractivity contribution in [2.45, 2.75) is 6.92 Å². The van der Waals surface area contributed by atoms with Gasteiger partial charge in [0.15, 0.2) is 0 Å². The lowest BCUT2D eigenvalue weighted by molar-refractivity contribution is -0.663. The third-order valence-electron chi connectivity index (χ3n) is 6.70. The Labute approximate surface area is 199 Å². The molecular formula is C29H19FN3O2+. The van der Waals surface area contributed by atoms with Crippen molar-refractivity contribution in [2.24, 2.45) is 7.05 Å². The predicted octanol–water partition coefficient (Wildman–Crippen LogP) is 6.88. The average Bonchev–Trinajstić information content (AvgIpc) is 3.42. The van der Waals surface area contributed by atoms with Crippen molar-refractivity contribution >= 4 is 44.0 Å². The summed E-state index contributed by atoms with van der Waals surface area (Å²) in [6.45, 7) is 2.05. The number of benzene rings is 3. The number of halogens is 1. The van der Waals surface area contributed by atoms with Gasteiger partial charge >= 0.3 is 0 Å². The number of pyridine rings is 1. The molecule has 0 aliphatic heterocycles. The molecule has 0 atom stereocenters. The third-order valence-corrected chi connectivity index (χ3v) is 6.70. The van der Waals surface area contributed by atoms with Gasteiger partial charge in [0.05, 0.1) is 18.2 Å². The van der Waals surface area contributed by atoms with Gasteiger partial charge in [-0.1, -0.05) is 23.2 Å². The second kappa shape index (κ2) is 7.21. The Balaban J connectivity index is 1.55. The van der Waals surface area contributed by atoms with E-state index in [0.29, 0.717) is 22.4 Å². The molecule has 0 amide bonds. The van der Waals surface area contributed by atoms with Gasteiger partial charge in [0.1, 0.15) is 34.5 Å². The summed E-state index contributed by atoms with van der Waals surface area (Å²) in [7, 11) is 1.95. The molecule has 4 heterocycles. The summed E-state index contributed by atoms with van der Waals surface area (Å²) in [4.78, 5) is 8.51. The summed E-state index contributed by atoms with van der Waals surface area (Å²) >= 11 is 0. The lowest BCUT2D eigenvalue weighted by Crippen LogP contribution is -2.31. The maximum Gasteiger partial charge on any atom is 0.286 e. The van der Waals surface area contributed by atoms with Gasteiger partial charge in [-0.05, 0) is 54.4 Å². The van der Waals surface area contributed by atoms with E-state index in [9.17, 15) is 0 Å². The molecule has 0 fully saturated rings. The van der Waals surface area contributed by atoms with Gasteiger partial charge in [0.2, 0.25) is 5.71 Å². The maximum absolute atomic E-state index is 15.4. The van der Waals surface area contributed by atoms with E-state index in [-0.39, 0.29) is 5.82 Å². The molecule has 0 bridgehead atoms. The first-order chi connectivity index (χ1) is 17.1. The normalized spacial score (nSPS) is 11.9. The zero-order chi connectivity index (χ0) is 23.7. The SMILES string of the molecule is Cc1ccc2c(oc3c(-c4ccc5oc6ncccc6c5c4)c(F)ccc32)c1-c1ccnc[n+]1C. The number of fused-ring (bicyclic) bond motifs is 6. The summed E-state index contributed by atoms with van der Waals surface area (Å²) in [5.41, 5.74) is 6.69. The van der Waals surface area contributed by atoms with Crippen LogP contribution in [-0.4, -0.2) is 9.97 Å². The first-order valence-corrected chi connectivity index (χ1v) is 11.3. The topological polar surface area (TPSA) is 55.9 Å². The van der Waals surface area contributed by atoms with E-state index in [1.54, 1.807) is 24.8 Å². The Morgan fingerprint density at radius 2 is 1.63 bits per heavy atom. The Hall–Kier alpha value is -4.58. The van der Waals surface area contributed by atoms with Crippen molar-refractivity contribution in [3.63, 3.8) is 0 Å². The smallest absolute Gasteiger partial charge is 0.286 e. The highest BCUT2D eigenvalue weighted by atomic mass is 19.1. The van der Waals surface area contributed by atoms with E-state index in [2.05, 4.69) is 23.0 Å². The molecule has 5 nitrogen and oxygen atoms in total. The van der Waals surface area contributed by atoms with Crippen molar-refractivity contribution in [3.8, 4) is 22.4 Å². The molecule has 0 aliphatic rings. The molecule has 0 radical (unpaired) electrons. The highest BCUT2D eigenvalue weighted by Gasteiger charge is 2.22. The van der Waals surface area contributed by atoms with Gasteiger partial charge < -0.3 is 8.83 Å². The highest BCUT2D eigenvalue weighted by molar-refractivity contribution is 6.14. The van der Waals surface area contributed by atoms with E-state index in [4.69, 9.17) is 8.83 Å². The minimum atomic E-state index is -0.338. The Kier molecular flexibility index (Phi) is 4.09. The molecule has 3 aromatic carbocycles. The van der Waals surface area contributed by atoms with E-state index >= 15 is 4.39 Å². The van der Waals surface area contributed by atoms with Crippen LogP contribution in [0.4, 0.5) is 4.39 Å². The monoisotopic (exact) mass is 460 g/mol. The van der Waals surface area contributed by atoms with Crippen LogP contribution in [0.25, 0.3) is 66.4 Å². The summed E-state index contributed by atoms with van der Waals surface area (Å²) in [6.07, 6.45) is 5.23. The standard InChI is InChI=1S/C29H19FN3O2/c1-16-5-7-18-19-8-9-22(30)26(28(19)35-27(18)25(16)23-11-13-31-15-33(23)2)17-6-10-24-21(14-17)20-4-3-12-32-29(20)34-24/h3-15H,1-2H3/q+1. The van der Waals surface area contributed by atoms with Crippen LogP contribution in [-0.2, 0) is 7.05 Å². The van der Waals surface area contributed by atoms with Crippen LogP contribution in [0.3, 0.4) is 0 Å². The van der Waals surface area contributed by atoms with Gasteiger partial charge in [-0.2, -0.15) is 0 Å². The third kappa shape index (κ3) is 2.83. The molecule has 0 aliphatic carbocycles. The lowest BCUT2D eigenvalue weighted by Gasteiger charge is -2.06. The molecule has 168 valence electrons. The Morgan fingerprint density at radius 1 is 0.800 bits per heavy atom. The van der Waals surface area contributed by atoms with E-state index < -0.39 is 0 Å². The molecule has 0 spiro atoms. The zero-order valence-corrected chi connectivity index (χ0v) is 19.0. The molecule has 0 saturated heterocycles. The van der Waals surface area contributed by atoms with Crippen LogP contribution in [0.1, 0.15) is 5.56 Å². The first-order valence-electron chi connectivity index (χ1n) is 11.3. The molecule has 7 aromatic rings. The summed E-state index contributed by atoms with van der Waals surface area (Å²) < 4.78 is 29.8. The van der Waals surface area contributed by atoms with Crippen LogP contribution in [0, 0.1) is 12.7 Å². The van der Waals surface area contributed by atoms with Crippen molar-refractivity contribution in [1.29, 1.82) is 0 Å². The fraction of sp³-hybridized carbons (Fsp3) is 0.0690. The largest absolute Gasteiger partial charge is 0.454 e. The number of hydrogen-bond donors (Lipinski definition) is 0. The minimum Gasteiger partial charge on any atom is -0.454 e. The highest BCUT2D eigenvalue weighted by Crippen LogP contribution is 2.42. The van der Waals surface area contributed by atoms with Gasteiger partial charge in [-0.25, -0.2) is 13.9 Å². The van der Waals surface area contributed by atoms with Crippen molar-refractivity contribution in [2.75, 3.05) is 0 Å². The van der Waals surface area contributed by atoms with Crippen molar-refractivity contribution in [1.82, 2.24) is 9.97 Å². The van der Waals surface area contributed by atoms with Gasteiger partial charge in [0.25, 0.3) is 6.33 Å². The van der Waals surface area contributed by atoms with E-state index in [1.807, 2.05) is 54.1 Å². The predicted molar refractivity (Wildman–Crippen MR) is 133 cm³/mol. The second-order valence-electron chi connectivity index (χ2n) is 8.78. The van der Waals surface area contributed by atoms with Gasteiger partial charge in [-0.15, -0.1) is 0 Å². The van der Waals surface area contributed by atoms with Gasteiger partial charge in [-0.3, -0.25) is 0 Å². The van der Waals surface area contributed by atoms with Crippen LogP contribution in [0.2, 0.25) is 0 Å². The fourth-order valence-corrected chi connectivity index (χ4v) is 5.02. The number of furan rings is 2. The number of nitrogens with zero attached hydrogens (tertiary/aromatic N) is 3. The molecule has 7 rings (SSSR count). The Morgan fingerprint density at radius 3 is 2.49 bits per heavy atom. The molecule has 0 unspecified atom stereocenters. The number of hydrogen-bond acceptors (Lipinski definition) is 4. The first kappa shape index (κ1) is 19.9. The summed E-state index contributed by atoms with van der Waals surface area (Å²) in [6, 6.07) is 18.9. The van der Waals surface area contributed by atoms with Crippen molar-refractivity contribution < 1.29 is 17.8 Å². The number of aryl methyl sites for hydroxylation is 2. The number of aromatic nitrogens is 3. The van der Waals surface area contributed by atoms with Crippen LogP contribution >= 0.6 is 0 Å². The van der Waals surface area contributed by atoms with Crippen LogP contribution in [0.15, 0.2) is 88.2 Å². The van der Waals surface area contributed by atoms with Gasteiger partial charge in [0, 0.05) is 33.8 Å². The average molecular weight is 460 g/mol. The second-order valence-corrected chi connectivity index (χ2v) is 8.78. The lowest BCUT2D eigenvalue weighted by atomic mass is 9.98. The van der Waals surface area contributed by atoms with Crippen LogP contribution in [0.5, 0.6) is 0 Å². The van der Waals surface area contributed by atoms with Crippen LogP contribution < -0.4 is 4.57 Å². The minimum absolute atomic E-state index is 0.338. The van der Waals surface area contributed by atoms with E-state index in [0.717, 1.165) is 49.5 Å². The molecule has 0 N–H and O–H groups in total. The quantitative estimate of drug-likeness (QED) is 0.264. The Bertz CT molecular complexity index is 1950. The summed E-state index contributed by atoms with van der Waals surface area (Å²) in [5.74, 6) is -0.338. The molecule has 6 heteroatoms. The zero-order valence-electron chi connectivity index (χ0n) is 19.0. The molecule has 4 aromatic heterocycles. The number of rotatable bonds is 2. The fourth-order valence-electron chi connectivity index (χ4n) is 5.02. The molecular weight excluding hydrogens is 441 g/mol. The van der Waals surface area contributed by atoms with E-state index in [1.165, 1.54) is 6.07 Å². The molecule has 35 heavy (non-hydrogen) atoms. The van der Waals surface area contributed by atoms with Crippen molar-refractivity contribution in [3.05, 3.63) is 90.8 Å². The molecule has 0 saturated carbocycles. The maximum atomic E-state index is 15.4.